The van der Waals surface area contributed by atoms with Crippen LogP contribution in [-0.4, -0.2) is 9.55 Å². The SMILES string of the molecule is CC(C)c1cc(-c2ccc(-c3ccccc3)s2)cc(C(C)C)c1-n1ccnc1-c1ccccc1. The van der Waals surface area contributed by atoms with Crippen LogP contribution in [0.2, 0.25) is 0 Å². The molecule has 34 heavy (non-hydrogen) atoms. The van der Waals surface area contributed by atoms with Crippen LogP contribution in [-0.2, 0) is 0 Å². The van der Waals surface area contributed by atoms with E-state index in [9.17, 15) is 0 Å². The smallest absolute Gasteiger partial charge is 0.144 e. The Labute approximate surface area is 206 Å². The van der Waals surface area contributed by atoms with E-state index >= 15 is 0 Å². The van der Waals surface area contributed by atoms with Crippen LogP contribution in [0.15, 0.2) is 97.3 Å². The van der Waals surface area contributed by atoms with E-state index in [4.69, 9.17) is 4.98 Å². The van der Waals surface area contributed by atoms with Gasteiger partial charge in [0, 0.05) is 27.7 Å². The molecule has 0 N–H and O–H groups in total. The number of hydrogen-bond donors (Lipinski definition) is 0. The first kappa shape index (κ1) is 22.4. The molecule has 0 spiro atoms. The third kappa shape index (κ3) is 4.24. The summed E-state index contributed by atoms with van der Waals surface area (Å²) in [5, 5.41) is 0. The third-order valence-electron chi connectivity index (χ3n) is 6.28. The van der Waals surface area contributed by atoms with Gasteiger partial charge in [0.25, 0.3) is 0 Å². The van der Waals surface area contributed by atoms with Gasteiger partial charge in [0.2, 0.25) is 0 Å². The normalized spacial score (nSPS) is 11.5. The Kier molecular flexibility index (Phi) is 6.21. The molecular formula is C31H30N2S. The van der Waals surface area contributed by atoms with E-state index in [1.165, 1.54) is 37.7 Å². The second-order valence-corrected chi connectivity index (χ2v) is 10.4. The van der Waals surface area contributed by atoms with Crippen LogP contribution < -0.4 is 0 Å². The summed E-state index contributed by atoms with van der Waals surface area (Å²) in [6.45, 7) is 9.15. The summed E-state index contributed by atoms with van der Waals surface area (Å²) in [4.78, 5) is 7.36. The van der Waals surface area contributed by atoms with E-state index in [2.05, 4.69) is 123 Å². The van der Waals surface area contributed by atoms with Crippen molar-refractivity contribution in [3.63, 3.8) is 0 Å². The van der Waals surface area contributed by atoms with Gasteiger partial charge in [-0.1, -0.05) is 88.4 Å². The van der Waals surface area contributed by atoms with Crippen LogP contribution in [0.3, 0.4) is 0 Å². The fourth-order valence-corrected chi connectivity index (χ4v) is 5.51. The number of aromatic nitrogens is 2. The van der Waals surface area contributed by atoms with E-state index in [0.29, 0.717) is 11.8 Å². The number of rotatable bonds is 6. The van der Waals surface area contributed by atoms with Gasteiger partial charge in [-0.15, -0.1) is 11.3 Å². The second-order valence-electron chi connectivity index (χ2n) is 9.33. The molecule has 0 unspecified atom stereocenters. The molecule has 0 fully saturated rings. The molecule has 0 amide bonds. The third-order valence-corrected chi connectivity index (χ3v) is 7.46. The van der Waals surface area contributed by atoms with Gasteiger partial charge in [0.05, 0.1) is 5.69 Å². The summed E-state index contributed by atoms with van der Waals surface area (Å²) in [6, 6.07) is 30.4. The molecule has 5 aromatic rings. The molecule has 2 nitrogen and oxygen atoms in total. The lowest BCUT2D eigenvalue weighted by molar-refractivity contribution is 0.807. The lowest BCUT2D eigenvalue weighted by Crippen LogP contribution is -2.08. The van der Waals surface area contributed by atoms with Crippen LogP contribution in [0.5, 0.6) is 0 Å². The molecule has 0 radical (unpaired) electrons. The fraction of sp³-hybridized carbons (Fsp3) is 0.194. The van der Waals surface area contributed by atoms with Crippen LogP contribution in [0.1, 0.15) is 50.7 Å². The molecule has 0 saturated carbocycles. The van der Waals surface area contributed by atoms with Gasteiger partial charge >= 0.3 is 0 Å². The highest BCUT2D eigenvalue weighted by atomic mass is 32.1. The maximum absolute atomic E-state index is 4.75. The summed E-state index contributed by atoms with van der Waals surface area (Å²) in [5.41, 5.74) is 7.67. The van der Waals surface area contributed by atoms with Crippen LogP contribution in [0, 0.1) is 0 Å². The van der Waals surface area contributed by atoms with E-state index in [1.807, 2.05) is 17.5 Å². The van der Waals surface area contributed by atoms with Gasteiger partial charge < -0.3 is 0 Å². The maximum atomic E-state index is 4.75. The second kappa shape index (κ2) is 9.44. The molecule has 0 aliphatic carbocycles. The van der Waals surface area contributed by atoms with Crippen molar-refractivity contribution in [1.82, 2.24) is 9.55 Å². The van der Waals surface area contributed by atoms with Gasteiger partial charge in [0.15, 0.2) is 0 Å². The molecule has 170 valence electrons. The van der Waals surface area contributed by atoms with Gasteiger partial charge in [0.1, 0.15) is 5.82 Å². The zero-order chi connectivity index (χ0) is 23.7. The van der Waals surface area contributed by atoms with Crippen molar-refractivity contribution in [3.05, 3.63) is 108 Å². The number of nitrogens with zero attached hydrogens (tertiary/aromatic N) is 2. The first-order valence-electron chi connectivity index (χ1n) is 12.0. The number of benzene rings is 3. The van der Waals surface area contributed by atoms with Crippen molar-refractivity contribution < 1.29 is 0 Å². The molecule has 0 saturated heterocycles. The molecule has 3 aromatic carbocycles. The van der Waals surface area contributed by atoms with Gasteiger partial charge in [-0.3, -0.25) is 4.57 Å². The van der Waals surface area contributed by atoms with E-state index in [-0.39, 0.29) is 0 Å². The van der Waals surface area contributed by atoms with Gasteiger partial charge in [-0.25, -0.2) is 4.98 Å². The minimum absolute atomic E-state index is 0.382. The van der Waals surface area contributed by atoms with E-state index in [1.54, 1.807) is 0 Å². The number of hydrogen-bond acceptors (Lipinski definition) is 2. The summed E-state index contributed by atoms with van der Waals surface area (Å²) < 4.78 is 2.29. The molecule has 5 rings (SSSR count). The lowest BCUT2D eigenvalue weighted by Gasteiger charge is -2.23. The predicted octanol–water partition coefficient (Wildman–Crippen LogP) is 9.18. The highest BCUT2D eigenvalue weighted by Crippen LogP contribution is 2.41. The van der Waals surface area contributed by atoms with Crippen molar-refractivity contribution in [2.75, 3.05) is 0 Å². The minimum atomic E-state index is 0.382. The highest BCUT2D eigenvalue weighted by molar-refractivity contribution is 7.18. The molecule has 0 bridgehead atoms. The fourth-order valence-electron chi connectivity index (χ4n) is 4.52. The average molecular weight is 463 g/mol. The molecular weight excluding hydrogens is 432 g/mol. The average Bonchev–Trinajstić information content (AvgIpc) is 3.54. The van der Waals surface area contributed by atoms with Gasteiger partial charge in [-0.05, 0) is 58.4 Å². The number of thiophene rings is 1. The zero-order valence-electron chi connectivity index (χ0n) is 20.2. The molecule has 0 aliphatic rings. The van der Waals surface area contributed by atoms with Crippen molar-refractivity contribution in [2.24, 2.45) is 0 Å². The molecule has 3 heteroatoms. The van der Waals surface area contributed by atoms with Gasteiger partial charge in [-0.2, -0.15) is 0 Å². The Morgan fingerprint density at radius 2 is 1.18 bits per heavy atom. The van der Waals surface area contributed by atoms with Crippen LogP contribution in [0.4, 0.5) is 0 Å². The first-order chi connectivity index (χ1) is 16.5. The Morgan fingerprint density at radius 3 is 1.74 bits per heavy atom. The summed E-state index contributed by atoms with van der Waals surface area (Å²) in [5.74, 6) is 1.75. The highest BCUT2D eigenvalue weighted by Gasteiger charge is 2.21. The van der Waals surface area contributed by atoms with Crippen molar-refractivity contribution >= 4 is 11.3 Å². The maximum Gasteiger partial charge on any atom is 0.144 e. The minimum Gasteiger partial charge on any atom is -0.299 e. The molecule has 2 aromatic heterocycles. The monoisotopic (exact) mass is 462 g/mol. The molecule has 2 heterocycles. The molecule has 0 atom stereocenters. The van der Waals surface area contributed by atoms with Crippen LogP contribution in [0.25, 0.3) is 38.0 Å². The van der Waals surface area contributed by atoms with Crippen LogP contribution >= 0.6 is 11.3 Å². The molecule has 0 aliphatic heterocycles. The number of imidazole rings is 1. The quantitative estimate of drug-likeness (QED) is 0.246. The van der Waals surface area contributed by atoms with Crippen molar-refractivity contribution in [1.29, 1.82) is 0 Å². The Bertz CT molecular complexity index is 1360. The van der Waals surface area contributed by atoms with E-state index < -0.39 is 0 Å². The first-order valence-corrected chi connectivity index (χ1v) is 12.8. The predicted molar refractivity (Wildman–Crippen MR) is 146 cm³/mol. The Hall–Kier alpha value is -3.43. The standard InChI is InChI=1S/C31H30N2S/c1-21(2)26-19-25(29-16-15-28(34-29)23-11-7-5-8-12-23)20-27(22(3)4)30(26)33-18-17-32-31(33)24-13-9-6-10-14-24/h5-22H,1-4H3. The largest absolute Gasteiger partial charge is 0.299 e. The van der Waals surface area contributed by atoms with Crippen molar-refractivity contribution in [3.8, 4) is 38.0 Å². The van der Waals surface area contributed by atoms with Crippen molar-refractivity contribution in [2.45, 2.75) is 39.5 Å². The summed E-state index contributed by atoms with van der Waals surface area (Å²) in [6.07, 6.45) is 4.02. The zero-order valence-corrected chi connectivity index (χ0v) is 21.0. The lowest BCUT2D eigenvalue weighted by atomic mass is 9.89. The Balaban J connectivity index is 1.68. The summed E-state index contributed by atoms with van der Waals surface area (Å²) >= 11 is 1.86. The van der Waals surface area contributed by atoms with E-state index in [0.717, 1.165) is 11.4 Å². The topological polar surface area (TPSA) is 17.8 Å². The summed E-state index contributed by atoms with van der Waals surface area (Å²) in [7, 11) is 0. The Morgan fingerprint density at radius 1 is 0.647 bits per heavy atom.